The van der Waals surface area contributed by atoms with Gasteiger partial charge in [0.25, 0.3) is 0 Å². The molecule has 1 aliphatic rings. The first-order chi connectivity index (χ1) is 8.05. The predicted molar refractivity (Wildman–Crippen MR) is 64.0 cm³/mol. The summed E-state index contributed by atoms with van der Waals surface area (Å²) in [5.74, 6) is 0. The lowest BCUT2D eigenvalue weighted by atomic mass is 10.4. The molecule has 0 unspecified atom stereocenters. The first-order valence-electron chi connectivity index (χ1n) is 5.20. The van der Waals surface area contributed by atoms with Crippen molar-refractivity contribution < 1.29 is 8.42 Å². The molecule has 0 spiro atoms. The minimum Gasteiger partial charge on any atom is -0.207 e. The van der Waals surface area contributed by atoms with Gasteiger partial charge in [-0.15, -0.1) is 0 Å². The van der Waals surface area contributed by atoms with E-state index in [0.717, 1.165) is 12.8 Å². The van der Waals surface area contributed by atoms with Crippen LogP contribution in [-0.4, -0.2) is 25.3 Å². The van der Waals surface area contributed by atoms with Gasteiger partial charge in [-0.05, 0) is 37.1 Å². The van der Waals surface area contributed by atoms with Crippen molar-refractivity contribution in [3.63, 3.8) is 0 Å². The van der Waals surface area contributed by atoms with Gasteiger partial charge < -0.3 is 0 Å². The zero-order chi connectivity index (χ0) is 12.5. The first kappa shape index (κ1) is 12.4. The SMILES string of the molecule is N#CCN(C1CC1)S(=O)(=O)c1ccc(Cl)cc1. The molecule has 0 bridgehead atoms. The summed E-state index contributed by atoms with van der Waals surface area (Å²) < 4.78 is 25.8. The highest BCUT2D eigenvalue weighted by Crippen LogP contribution is 2.31. The van der Waals surface area contributed by atoms with Gasteiger partial charge in [-0.3, -0.25) is 0 Å². The summed E-state index contributed by atoms with van der Waals surface area (Å²) in [4.78, 5) is 0.184. The van der Waals surface area contributed by atoms with Gasteiger partial charge in [0.15, 0.2) is 0 Å². The molecule has 1 fully saturated rings. The van der Waals surface area contributed by atoms with Crippen LogP contribution >= 0.6 is 11.6 Å². The van der Waals surface area contributed by atoms with Crippen molar-refractivity contribution in [2.75, 3.05) is 6.54 Å². The van der Waals surface area contributed by atoms with Crippen LogP contribution in [0, 0.1) is 11.3 Å². The Morgan fingerprint density at radius 2 is 1.94 bits per heavy atom. The molecule has 4 nitrogen and oxygen atoms in total. The number of sulfonamides is 1. The Morgan fingerprint density at radius 3 is 2.41 bits per heavy atom. The summed E-state index contributed by atoms with van der Waals surface area (Å²) in [5.41, 5.74) is 0. The molecule has 1 aliphatic carbocycles. The Bertz CT molecular complexity index is 544. The highest BCUT2D eigenvalue weighted by molar-refractivity contribution is 7.89. The van der Waals surface area contributed by atoms with Gasteiger partial charge in [-0.2, -0.15) is 9.57 Å². The van der Waals surface area contributed by atoms with Crippen LogP contribution in [0.5, 0.6) is 0 Å². The second-order valence-electron chi connectivity index (χ2n) is 3.89. The lowest BCUT2D eigenvalue weighted by Crippen LogP contribution is -2.33. The van der Waals surface area contributed by atoms with Gasteiger partial charge in [0.05, 0.1) is 11.0 Å². The van der Waals surface area contributed by atoms with Crippen molar-refractivity contribution in [3.8, 4) is 6.07 Å². The van der Waals surface area contributed by atoms with E-state index < -0.39 is 10.0 Å². The topological polar surface area (TPSA) is 61.2 Å². The van der Waals surface area contributed by atoms with Gasteiger partial charge >= 0.3 is 0 Å². The summed E-state index contributed by atoms with van der Waals surface area (Å²) in [6.45, 7) is -0.102. The lowest BCUT2D eigenvalue weighted by Gasteiger charge is -2.18. The molecule has 0 atom stereocenters. The van der Waals surface area contributed by atoms with Crippen LogP contribution in [0.1, 0.15) is 12.8 Å². The Hall–Kier alpha value is -1.09. The van der Waals surface area contributed by atoms with Gasteiger partial charge in [0, 0.05) is 11.1 Å². The molecule has 1 aromatic carbocycles. The average molecular weight is 271 g/mol. The van der Waals surface area contributed by atoms with E-state index in [9.17, 15) is 8.42 Å². The number of nitrogens with zero attached hydrogens (tertiary/aromatic N) is 2. The standard InChI is InChI=1S/C11H11ClN2O2S/c12-9-1-5-11(6-2-9)17(15,16)14(8-7-13)10-3-4-10/h1-2,5-6,10H,3-4,8H2. The van der Waals surface area contributed by atoms with E-state index in [1.54, 1.807) is 0 Å². The molecule has 90 valence electrons. The minimum atomic E-state index is -3.56. The summed E-state index contributed by atoms with van der Waals surface area (Å²) in [6, 6.07) is 7.87. The van der Waals surface area contributed by atoms with Crippen molar-refractivity contribution in [2.24, 2.45) is 0 Å². The highest BCUT2D eigenvalue weighted by Gasteiger charge is 2.37. The first-order valence-corrected chi connectivity index (χ1v) is 7.02. The predicted octanol–water partition coefficient (Wildman–Crippen LogP) is 2.02. The third-order valence-corrected chi connectivity index (χ3v) is 4.77. The van der Waals surface area contributed by atoms with Gasteiger partial charge in [-0.1, -0.05) is 11.6 Å². The second kappa shape index (κ2) is 4.65. The van der Waals surface area contributed by atoms with E-state index in [4.69, 9.17) is 16.9 Å². The van der Waals surface area contributed by atoms with Gasteiger partial charge in [0.1, 0.15) is 6.54 Å². The maximum absolute atomic E-state index is 12.2. The largest absolute Gasteiger partial charge is 0.244 e. The lowest BCUT2D eigenvalue weighted by molar-refractivity contribution is 0.439. The number of benzene rings is 1. The van der Waals surface area contributed by atoms with E-state index >= 15 is 0 Å². The van der Waals surface area contributed by atoms with Crippen molar-refractivity contribution in [1.82, 2.24) is 4.31 Å². The van der Waals surface area contributed by atoms with E-state index in [1.807, 2.05) is 6.07 Å². The van der Waals surface area contributed by atoms with E-state index in [-0.39, 0.29) is 17.5 Å². The monoisotopic (exact) mass is 270 g/mol. The van der Waals surface area contributed by atoms with Gasteiger partial charge in [-0.25, -0.2) is 8.42 Å². The zero-order valence-electron chi connectivity index (χ0n) is 9.01. The van der Waals surface area contributed by atoms with Crippen LogP contribution in [0.4, 0.5) is 0 Å². The molecule has 0 aromatic heterocycles. The number of hydrogen-bond donors (Lipinski definition) is 0. The molecule has 17 heavy (non-hydrogen) atoms. The van der Waals surface area contributed by atoms with E-state index in [2.05, 4.69) is 0 Å². The molecule has 0 heterocycles. The Kier molecular flexibility index (Phi) is 3.38. The average Bonchev–Trinajstić information content (AvgIpc) is 3.10. The molecule has 0 amide bonds. The van der Waals surface area contributed by atoms with E-state index in [1.165, 1.54) is 28.6 Å². The number of nitriles is 1. The molecular formula is C11H11ClN2O2S. The molecule has 2 rings (SSSR count). The molecule has 6 heteroatoms. The van der Waals surface area contributed by atoms with Gasteiger partial charge in [0.2, 0.25) is 10.0 Å². The highest BCUT2D eigenvalue weighted by atomic mass is 35.5. The molecular weight excluding hydrogens is 260 g/mol. The fourth-order valence-electron chi connectivity index (χ4n) is 1.58. The quantitative estimate of drug-likeness (QED) is 0.787. The number of halogens is 1. The van der Waals surface area contributed by atoms with Crippen LogP contribution in [0.2, 0.25) is 5.02 Å². The Labute approximate surface area is 105 Å². The Morgan fingerprint density at radius 1 is 1.35 bits per heavy atom. The third-order valence-electron chi connectivity index (χ3n) is 2.60. The molecule has 1 aromatic rings. The summed E-state index contributed by atoms with van der Waals surface area (Å²) >= 11 is 5.72. The minimum absolute atomic E-state index is 0.0182. The van der Waals surface area contributed by atoms with Crippen molar-refractivity contribution in [3.05, 3.63) is 29.3 Å². The normalized spacial score (nSPS) is 15.8. The van der Waals surface area contributed by atoms with Crippen molar-refractivity contribution in [1.29, 1.82) is 5.26 Å². The second-order valence-corrected chi connectivity index (χ2v) is 6.22. The smallest absolute Gasteiger partial charge is 0.207 e. The molecule has 0 saturated heterocycles. The molecule has 0 radical (unpaired) electrons. The number of rotatable bonds is 4. The molecule has 0 N–H and O–H groups in total. The third kappa shape index (κ3) is 2.60. The number of hydrogen-bond acceptors (Lipinski definition) is 3. The van der Waals surface area contributed by atoms with Crippen LogP contribution in [0.3, 0.4) is 0 Å². The van der Waals surface area contributed by atoms with Crippen LogP contribution in [-0.2, 0) is 10.0 Å². The summed E-state index contributed by atoms with van der Waals surface area (Å²) in [5, 5.41) is 9.18. The fourth-order valence-corrected chi connectivity index (χ4v) is 3.29. The van der Waals surface area contributed by atoms with E-state index in [0.29, 0.717) is 5.02 Å². The fraction of sp³-hybridized carbons (Fsp3) is 0.364. The van der Waals surface area contributed by atoms with Crippen LogP contribution in [0.25, 0.3) is 0 Å². The van der Waals surface area contributed by atoms with Crippen LogP contribution < -0.4 is 0 Å². The van der Waals surface area contributed by atoms with Crippen LogP contribution in [0.15, 0.2) is 29.2 Å². The molecule has 1 saturated carbocycles. The van der Waals surface area contributed by atoms with Crippen molar-refractivity contribution in [2.45, 2.75) is 23.8 Å². The zero-order valence-corrected chi connectivity index (χ0v) is 10.6. The summed E-state index contributed by atoms with van der Waals surface area (Å²) in [7, 11) is -3.56. The molecule has 0 aliphatic heterocycles. The summed E-state index contributed by atoms with van der Waals surface area (Å²) in [6.07, 6.45) is 1.66. The van der Waals surface area contributed by atoms with Crippen molar-refractivity contribution >= 4 is 21.6 Å². The maximum atomic E-state index is 12.2. The maximum Gasteiger partial charge on any atom is 0.244 e. The Balaban J connectivity index is 2.34.